The molecule has 2 rings (SSSR count). The molecule has 0 spiro atoms. The third-order valence-corrected chi connectivity index (χ3v) is 4.73. The summed E-state index contributed by atoms with van der Waals surface area (Å²) in [5, 5.41) is 12.0. The molecule has 1 aromatic carbocycles. The highest BCUT2D eigenvalue weighted by atomic mass is 16.5. The van der Waals surface area contributed by atoms with E-state index in [1.807, 2.05) is 43.0 Å². The van der Waals surface area contributed by atoms with Crippen LogP contribution in [-0.4, -0.2) is 54.2 Å². The van der Waals surface area contributed by atoms with Gasteiger partial charge in [0.05, 0.1) is 19.6 Å². The molecular weight excluding hydrogens is 308 g/mol. The van der Waals surface area contributed by atoms with Crippen LogP contribution in [0.1, 0.15) is 38.2 Å². The summed E-state index contributed by atoms with van der Waals surface area (Å²) >= 11 is 0. The van der Waals surface area contributed by atoms with Gasteiger partial charge in [-0.3, -0.25) is 14.5 Å². The molecule has 0 radical (unpaired) electrons. The number of carboxylic acid groups (broad SMARTS) is 1. The first-order chi connectivity index (χ1) is 11.4. The number of carbonyl (C=O) groups is 2. The molecule has 1 amide bonds. The van der Waals surface area contributed by atoms with Crippen molar-refractivity contribution in [1.29, 1.82) is 0 Å². The molecule has 0 aliphatic heterocycles. The number of nitrogens with one attached hydrogen (secondary N) is 1. The number of aliphatic carboxylic acids is 1. The van der Waals surface area contributed by atoms with Gasteiger partial charge in [0.15, 0.2) is 0 Å². The number of hydrogen-bond acceptors (Lipinski definition) is 4. The average molecular weight is 334 g/mol. The summed E-state index contributed by atoms with van der Waals surface area (Å²) in [6.45, 7) is 4.61. The molecule has 132 valence electrons. The van der Waals surface area contributed by atoms with Gasteiger partial charge in [-0.1, -0.05) is 19.1 Å². The summed E-state index contributed by atoms with van der Waals surface area (Å²) < 4.78 is 5.13. The molecule has 0 aromatic heterocycles. The summed E-state index contributed by atoms with van der Waals surface area (Å²) in [7, 11) is 1.61. The fourth-order valence-electron chi connectivity index (χ4n) is 3.05. The number of methoxy groups -OCH3 is 1. The van der Waals surface area contributed by atoms with E-state index in [-0.39, 0.29) is 30.5 Å². The first-order valence-corrected chi connectivity index (χ1v) is 8.34. The SMILES string of the molecule is CCN(CC(=O)O)C1CC(NC(=O)C(C)c2ccc(OC)cc2)C1. The van der Waals surface area contributed by atoms with Gasteiger partial charge in [-0.25, -0.2) is 0 Å². The Bertz CT molecular complexity index is 567. The van der Waals surface area contributed by atoms with Crippen molar-refractivity contribution in [3.05, 3.63) is 29.8 Å². The number of carboxylic acids is 1. The second kappa shape index (κ2) is 8.15. The molecule has 6 nitrogen and oxygen atoms in total. The van der Waals surface area contributed by atoms with E-state index in [0.717, 1.165) is 24.2 Å². The zero-order valence-corrected chi connectivity index (χ0v) is 14.5. The second-order valence-corrected chi connectivity index (χ2v) is 6.28. The van der Waals surface area contributed by atoms with Gasteiger partial charge in [-0.05, 0) is 44.0 Å². The topological polar surface area (TPSA) is 78.9 Å². The van der Waals surface area contributed by atoms with E-state index in [9.17, 15) is 9.59 Å². The minimum Gasteiger partial charge on any atom is -0.497 e. The third kappa shape index (κ3) is 4.47. The standard InChI is InChI=1S/C18H26N2O4/c1-4-20(11-17(21)22)15-9-14(10-15)19-18(23)12(2)13-5-7-16(24-3)8-6-13/h5-8,12,14-15H,4,9-11H2,1-3H3,(H,19,23)(H,21,22). The van der Waals surface area contributed by atoms with Gasteiger partial charge in [-0.15, -0.1) is 0 Å². The van der Waals surface area contributed by atoms with Gasteiger partial charge in [0.25, 0.3) is 0 Å². The summed E-state index contributed by atoms with van der Waals surface area (Å²) in [6.07, 6.45) is 1.62. The van der Waals surface area contributed by atoms with Crippen LogP contribution in [0.15, 0.2) is 24.3 Å². The van der Waals surface area contributed by atoms with Crippen LogP contribution >= 0.6 is 0 Å². The fraction of sp³-hybridized carbons (Fsp3) is 0.556. The molecular formula is C18H26N2O4. The number of ether oxygens (including phenoxy) is 1. The van der Waals surface area contributed by atoms with Gasteiger partial charge in [-0.2, -0.15) is 0 Å². The number of nitrogens with zero attached hydrogens (tertiary/aromatic N) is 1. The Morgan fingerprint density at radius 3 is 2.46 bits per heavy atom. The van der Waals surface area contributed by atoms with E-state index in [1.54, 1.807) is 7.11 Å². The van der Waals surface area contributed by atoms with E-state index in [4.69, 9.17) is 9.84 Å². The predicted molar refractivity (Wildman–Crippen MR) is 91.2 cm³/mol. The van der Waals surface area contributed by atoms with Crippen LogP contribution < -0.4 is 10.1 Å². The summed E-state index contributed by atoms with van der Waals surface area (Å²) in [5.74, 6) is -0.259. The molecule has 6 heteroatoms. The molecule has 24 heavy (non-hydrogen) atoms. The highest BCUT2D eigenvalue weighted by Crippen LogP contribution is 2.27. The Labute approximate surface area is 142 Å². The quantitative estimate of drug-likeness (QED) is 0.758. The van der Waals surface area contributed by atoms with Crippen LogP contribution in [-0.2, 0) is 9.59 Å². The van der Waals surface area contributed by atoms with Crippen molar-refractivity contribution < 1.29 is 19.4 Å². The van der Waals surface area contributed by atoms with Crippen molar-refractivity contribution >= 4 is 11.9 Å². The zero-order chi connectivity index (χ0) is 17.7. The monoisotopic (exact) mass is 334 g/mol. The molecule has 1 aliphatic rings. The predicted octanol–water partition coefficient (Wildman–Crippen LogP) is 1.85. The van der Waals surface area contributed by atoms with Crippen molar-refractivity contribution in [2.24, 2.45) is 0 Å². The highest BCUT2D eigenvalue weighted by molar-refractivity contribution is 5.83. The summed E-state index contributed by atoms with van der Waals surface area (Å²) in [6, 6.07) is 7.88. The number of amides is 1. The molecule has 0 bridgehead atoms. The molecule has 1 saturated carbocycles. The van der Waals surface area contributed by atoms with Crippen molar-refractivity contribution in [3.63, 3.8) is 0 Å². The minimum absolute atomic E-state index is 0.00454. The van der Waals surface area contributed by atoms with Crippen LogP contribution in [0.4, 0.5) is 0 Å². The van der Waals surface area contributed by atoms with Gasteiger partial charge in [0.1, 0.15) is 5.75 Å². The van der Waals surface area contributed by atoms with Crippen molar-refractivity contribution in [1.82, 2.24) is 10.2 Å². The Morgan fingerprint density at radius 1 is 1.33 bits per heavy atom. The van der Waals surface area contributed by atoms with E-state index in [0.29, 0.717) is 6.54 Å². The second-order valence-electron chi connectivity index (χ2n) is 6.28. The van der Waals surface area contributed by atoms with E-state index in [2.05, 4.69) is 5.32 Å². The fourth-order valence-corrected chi connectivity index (χ4v) is 3.05. The smallest absolute Gasteiger partial charge is 0.317 e. The maximum atomic E-state index is 12.4. The first kappa shape index (κ1) is 18.3. The Hall–Kier alpha value is -2.08. The Balaban J connectivity index is 1.82. The number of likely N-dealkylation sites (N-methyl/N-ethyl adjacent to an activating group) is 1. The maximum Gasteiger partial charge on any atom is 0.317 e. The lowest BCUT2D eigenvalue weighted by atomic mass is 9.84. The largest absolute Gasteiger partial charge is 0.497 e. The number of carbonyl (C=O) groups excluding carboxylic acids is 1. The van der Waals surface area contributed by atoms with E-state index < -0.39 is 5.97 Å². The zero-order valence-electron chi connectivity index (χ0n) is 14.5. The normalized spacial score (nSPS) is 21.0. The molecule has 1 unspecified atom stereocenters. The molecule has 1 aromatic rings. The first-order valence-electron chi connectivity index (χ1n) is 8.34. The van der Waals surface area contributed by atoms with E-state index >= 15 is 0 Å². The maximum absolute atomic E-state index is 12.4. The third-order valence-electron chi connectivity index (χ3n) is 4.73. The van der Waals surface area contributed by atoms with Gasteiger partial charge in [0, 0.05) is 12.1 Å². The van der Waals surface area contributed by atoms with Gasteiger partial charge < -0.3 is 15.2 Å². The Kier molecular flexibility index (Phi) is 6.20. The Morgan fingerprint density at radius 2 is 1.96 bits per heavy atom. The van der Waals surface area contributed by atoms with Crippen molar-refractivity contribution in [3.8, 4) is 5.75 Å². The molecule has 0 heterocycles. The van der Waals surface area contributed by atoms with Crippen LogP contribution in [0.25, 0.3) is 0 Å². The summed E-state index contributed by atoms with van der Waals surface area (Å²) in [5.41, 5.74) is 0.949. The summed E-state index contributed by atoms with van der Waals surface area (Å²) in [4.78, 5) is 25.2. The van der Waals surface area contributed by atoms with Crippen molar-refractivity contribution in [2.45, 2.75) is 44.7 Å². The van der Waals surface area contributed by atoms with Crippen LogP contribution in [0.2, 0.25) is 0 Å². The van der Waals surface area contributed by atoms with Gasteiger partial charge in [0.2, 0.25) is 5.91 Å². The average Bonchev–Trinajstić information content (AvgIpc) is 2.54. The highest BCUT2D eigenvalue weighted by Gasteiger charge is 2.35. The lowest BCUT2D eigenvalue weighted by molar-refractivity contribution is -0.139. The minimum atomic E-state index is -0.808. The van der Waals surface area contributed by atoms with E-state index in [1.165, 1.54) is 0 Å². The van der Waals surface area contributed by atoms with Crippen LogP contribution in [0, 0.1) is 0 Å². The molecule has 1 fully saturated rings. The van der Waals surface area contributed by atoms with Gasteiger partial charge >= 0.3 is 5.97 Å². The number of hydrogen-bond donors (Lipinski definition) is 2. The molecule has 1 atom stereocenters. The number of rotatable bonds is 8. The molecule has 1 aliphatic carbocycles. The number of benzene rings is 1. The van der Waals surface area contributed by atoms with Crippen LogP contribution in [0.5, 0.6) is 5.75 Å². The molecule has 0 saturated heterocycles. The lowest BCUT2D eigenvalue weighted by Gasteiger charge is -2.42. The lowest BCUT2D eigenvalue weighted by Crippen LogP contribution is -2.55. The van der Waals surface area contributed by atoms with Crippen LogP contribution in [0.3, 0.4) is 0 Å². The molecule has 2 N–H and O–H groups in total. The van der Waals surface area contributed by atoms with Crippen molar-refractivity contribution in [2.75, 3.05) is 20.2 Å².